The summed E-state index contributed by atoms with van der Waals surface area (Å²) in [7, 11) is 1.71. The van der Waals surface area contributed by atoms with E-state index >= 15 is 0 Å². The highest BCUT2D eigenvalue weighted by atomic mass is 79.9. The van der Waals surface area contributed by atoms with E-state index in [1.807, 2.05) is 4.90 Å². The first kappa shape index (κ1) is 25.8. The van der Waals surface area contributed by atoms with Crippen LogP contribution >= 0.6 is 15.9 Å². The average Bonchev–Trinajstić information content (AvgIpc) is 3.66. The minimum absolute atomic E-state index is 0.0138. The monoisotopic (exact) mass is 562 g/mol. The van der Waals surface area contributed by atoms with Crippen molar-refractivity contribution in [2.75, 3.05) is 26.8 Å². The van der Waals surface area contributed by atoms with Gasteiger partial charge in [0.1, 0.15) is 5.60 Å². The fraction of sp³-hybridized carbons (Fsp3) is 0.536. The number of carbonyl (C=O) groups is 1. The van der Waals surface area contributed by atoms with Gasteiger partial charge in [-0.3, -0.25) is 4.79 Å². The molecule has 1 aliphatic carbocycles. The quantitative estimate of drug-likeness (QED) is 0.452. The van der Waals surface area contributed by atoms with Crippen LogP contribution in [0.25, 0.3) is 0 Å². The van der Waals surface area contributed by atoms with Gasteiger partial charge in [-0.25, -0.2) is 8.78 Å². The fourth-order valence-electron chi connectivity index (χ4n) is 5.75. The number of hydrogen-bond donors (Lipinski definition) is 1. The van der Waals surface area contributed by atoms with Crippen molar-refractivity contribution in [1.29, 1.82) is 0 Å². The highest BCUT2D eigenvalue weighted by Crippen LogP contribution is 2.48. The summed E-state index contributed by atoms with van der Waals surface area (Å²) in [5, 5.41) is 3.34. The smallest absolute Gasteiger partial charge is 0.230 e. The third kappa shape index (κ3) is 4.85. The summed E-state index contributed by atoms with van der Waals surface area (Å²) >= 11 is 3.71. The Balaban J connectivity index is 1.43. The van der Waals surface area contributed by atoms with Crippen molar-refractivity contribution in [2.24, 2.45) is 5.92 Å². The Bertz CT molecular complexity index is 1160. The Morgan fingerprint density at radius 2 is 2.03 bits per heavy atom. The molecule has 0 radical (unpaired) electrons. The van der Waals surface area contributed by atoms with Crippen molar-refractivity contribution in [2.45, 2.75) is 63.8 Å². The second kappa shape index (κ2) is 10.5. The number of halogens is 3. The topological polar surface area (TPSA) is 50.8 Å². The van der Waals surface area contributed by atoms with E-state index in [1.165, 1.54) is 23.3 Å². The lowest BCUT2D eigenvalue weighted by Crippen LogP contribution is -2.55. The van der Waals surface area contributed by atoms with Gasteiger partial charge in [0.15, 0.2) is 11.6 Å². The summed E-state index contributed by atoms with van der Waals surface area (Å²) in [5.41, 5.74) is 3.86. The molecule has 2 heterocycles. The van der Waals surface area contributed by atoms with Gasteiger partial charge < -0.3 is 19.7 Å². The van der Waals surface area contributed by atoms with Crippen molar-refractivity contribution in [3.63, 3.8) is 0 Å². The lowest BCUT2D eigenvalue weighted by atomic mass is 9.75. The van der Waals surface area contributed by atoms with Gasteiger partial charge in [0, 0.05) is 37.3 Å². The molecule has 1 unspecified atom stereocenters. The molecule has 0 aromatic heterocycles. The van der Waals surface area contributed by atoms with Gasteiger partial charge >= 0.3 is 0 Å². The van der Waals surface area contributed by atoms with Crippen LogP contribution in [0.3, 0.4) is 0 Å². The Morgan fingerprint density at radius 3 is 2.78 bits per heavy atom. The van der Waals surface area contributed by atoms with Crippen molar-refractivity contribution in [1.82, 2.24) is 10.2 Å². The van der Waals surface area contributed by atoms with Crippen LogP contribution in [-0.2, 0) is 39.4 Å². The van der Waals surface area contributed by atoms with Crippen molar-refractivity contribution in [3.8, 4) is 0 Å². The molecule has 2 aliphatic heterocycles. The second-order valence-corrected chi connectivity index (χ2v) is 11.1. The second-order valence-electron chi connectivity index (χ2n) is 10.3. The number of carbonyl (C=O) groups excluding carboxylic acids is 1. The van der Waals surface area contributed by atoms with E-state index in [2.05, 4.69) is 40.3 Å². The molecule has 2 fully saturated rings. The van der Waals surface area contributed by atoms with Crippen LogP contribution in [0.4, 0.5) is 8.78 Å². The van der Waals surface area contributed by atoms with Gasteiger partial charge in [-0.1, -0.05) is 22.0 Å². The van der Waals surface area contributed by atoms with Crippen LogP contribution in [0.5, 0.6) is 0 Å². The van der Waals surface area contributed by atoms with Crippen molar-refractivity contribution < 1.29 is 23.0 Å². The van der Waals surface area contributed by atoms with E-state index in [1.54, 1.807) is 7.11 Å². The van der Waals surface area contributed by atoms with Crippen LogP contribution in [0.15, 0.2) is 28.7 Å². The zero-order valence-electron chi connectivity index (χ0n) is 20.8. The molecule has 5 rings (SSSR count). The Morgan fingerprint density at radius 1 is 1.25 bits per heavy atom. The number of amides is 1. The Kier molecular flexibility index (Phi) is 7.50. The molecule has 1 saturated carbocycles. The van der Waals surface area contributed by atoms with Gasteiger partial charge in [-0.2, -0.15) is 0 Å². The number of piperidine rings is 1. The largest absolute Gasteiger partial charge is 0.385 e. The molecule has 1 N–H and O–H groups in total. The molecule has 0 bridgehead atoms. The molecule has 36 heavy (non-hydrogen) atoms. The number of nitrogens with one attached hydrogen (secondary N) is 1. The first-order valence-electron chi connectivity index (χ1n) is 12.7. The van der Waals surface area contributed by atoms with E-state index in [0.29, 0.717) is 43.8 Å². The Labute approximate surface area is 219 Å². The van der Waals surface area contributed by atoms with Crippen LogP contribution in [0.2, 0.25) is 0 Å². The van der Waals surface area contributed by atoms with Crippen LogP contribution in [-0.4, -0.2) is 43.7 Å². The summed E-state index contributed by atoms with van der Waals surface area (Å²) in [6, 6.07) is 6.96. The summed E-state index contributed by atoms with van der Waals surface area (Å²) in [6.07, 6.45) is 4.34. The van der Waals surface area contributed by atoms with E-state index in [4.69, 9.17) is 9.47 Å². The summed E-state index contributed by atoms with van der Waals surface area (Å²) in [6.45, 7) is 4.61. The van der Waals surface area contributed by atoms with E-state index in [0.717, 1.165) is 35.7 Å². The molecule has 2 aromatic rings. The number of nitrogens with zero attached hydrogens (tertiary/aromatic N) is 1. The summed E-state index contributed by atoms with van der Waals surface area (Å²) in [4.78, 5) is 16.1. The molecule has 5 nitrogen and oxygen atoms in total. The van der Waals surface area contributed by atoms with Crippen molar-refractivity contribution in [3.05, 3.63) is 68.2 Å². The molecule has 2 aromatic carbocycles. The Hall–Kier alpha value is -1.87. The van der Waals surface area contributed by atoms with Crippen LogP contribution in [0.1, 0.15) is 53.5 Å². The first-order valence-corrected chi connectivity index (χ1v) is 13.5. The molecular weight excluding hydrogens is 530 g/mol. The van der Waals surface area contributed by atoms with Gasteiger partial charge in [0.25, 0.3) is 0 Å². The fourth-order valence-corrected chi connectivity index (χ4v) is 6.30. The normalized spacial score (nSPS) is 23.2. The van der Waals surface area contributed by atoms with Gasteiger partial charge in [0.2, 0.25) is 5.91 Å². The predicted octanol–water partition coefficient (Wildman–Crippen LogP) is 5.14. The van der Waals surface area contributed by atoms with Gasteiger partial charge in [-0.15, -0.1) is 0 Å². The third-order valence-electron chi connectivity index (χ3n) is 7.90. The molecule has 8 heteroatoms. The molecule has 1 saturated heterocycles. The minimum atomic E-state index is -0.932. The van der Waals surface area contributed by atoms with Crippen LogP contribution in [0, 0.1) is 24.5 Å². The average molecular weight is 563 g/mol. The summed E-state index contributed by atoms with van der Waals surface area (Å²) < 4.78 is 40.8. The lowest BCUT2D eigenvalue weighted by molar-refractivity contribution is -0.157. The maximum atomic E-state index is 14.3. The number of fused-ring (bicyclic) bond motifs is 2. The summed E-state index contributed by atoms with van der Waals surface area (Å²) in [5.74, 6) is -2.27. The zero-order valence-corrected chi connectivity index (χ0v) is 22.4. The predicted molar refractivity (Wildman–Crippen MR) is 136 cm³/mol. The molecular formula is C28H33BrF2N2O3. The maximum Gasteiger partial charge on any atom is 0.230 e. The highest BCUT2D eigenvalue weighted by molar-refractivity contribution is 9.10. The number of rotatable bonds is 8. The third-order valence-corrected chi connectivity index (χ3v) is 8.72. The first-order chi connectivity index (χ1) is 17.3. The molecule has 1 amide bonds. The molecule has 1 spiro atoms. The number of benzene rings is 2. The number of methoxy groups -OCH3 is 1. The van der Waals surface area contributed by atoms with E-state index in [9.17, 15) is 13.6 Å². The highest BCUT2D eigenvalue weighted by Gasteiger charge is 2.53. The van der Waals surface area contributed by atoms with Gasteiger partial charge in [0.05, 0.1) is 12.5 Å². The molecule has 3 aliphatic rings. The van der Waals surface area contributed by atoms with Crippen molar-refractivity contribution >= 4 is 21.8 Å². The van der Waals surface area contributed by atoms with Crippen LogP contribution < -0.4 is 5.32 Å². The zero-order chi connectivity index (χ0) is 25.4. The maximum absolute atomic E-state index is 14.3. The van der Waals surface area contributed by atoms with Gasteiger partial charge in [-0.05, 0) is 91.6 Å². The number of hydrogen-bond acceptors (Lipinski definition) is 4. The SMILES string of the molecule is COCCCc1cc(CN(C(=O)[C@H]2CNCCC23OCc2cc(F)c(F)cc23)C2CC2)cc(Br)c1C. The number of ether oxygens (including phenoxy) is 2. The molecule has 194 valence electrons. The lowest BCUT2D eigenvalue weighted by Gasteiger charge is -2.43. The minimum Gasteiger partial charge on any atom is -0.385 e. The molecule has 2 atom stereocenters. The van der Waals surface area contributed by atoms with E-state index < -0.39 is 23.2 Å². The van der Waals surface area contributed by atoms with E-state index in [-0.39, 0.29) is 18.6 Å². The standard InChI is InChI=1S/C28H33BrF2N2O3/c1-17-19(4-3-9-35-2)10-18(11-24(17)29)15-33(21-5-6-21)27(34)23-14-32-8-7-28(23)22-13-26(31)25(30)12-20(22)16-36-28/h10-13,21,23,32H,3-9,14-16H2,1-2H3/t23-,28?/m1/s1. The number of aryl methyl sites for hydroxylation is 1.